The van der Waals surface area contributed by atoms with E-state index in [1.165, 1.54) is 34.5 Å². The molecule has 2 amide bonds. The normalized spacial score (nSPS) is 18.2. The number of piperazine rings is 1. The van der Waals surface area contributed by atoms with Gasteiger partial charge in [-0.3, -0.25) is 9.59 Å². The lowest BCUT2D eigenvalue weighted by atomic mass is 10.2. The van der Waals surface area contributed by atoms with Gasteiger partial charge in [0.25, 0.3) is 0 Å². The fraction of sp³-hybridized carbons (Fsp3) is 0.550. The Bertz CT molecular complexity index is 807. The highest BCUT2D eigenvalue weighted by atomic mass is 32.1. The Morgan fingerprint density at radius 3 is 2.59 bits per heavy atom. The van der Waals surface area contributed by atoms with Gasteiger partial charge in [-0.15, -0.1) is 0 Å². The number of nitrogens with one attached hydrogen (secondary N) is 1. The van der Waals surface area contributed by atoms with E-state index in [4.69, 9.17) is 0 Å². The lowest BCUT2D eigenvalue weighted by molar-refractivity contribution is -0.134. The van der Waals surface area contributed by atoms with Gasteiger partial charge in [-0.25, -0.2) is 0 Å². The summed E-state index contributed by atoms with van der Waals surface area (Å²) in [6.07, 6.45) is 5.15. The molecule has 7 heteroatoms. The van der Waals surface area contributed by atoms with Crippen LogP contribution in [0.2, 0.25) is 0 Å². The van der Waals surface area contributed by atoms with Crippen LogP contribution in [0, 0.1) is 0 Å². The third kappa shape index (κ3) is 4.24. The summed E-state index contributed by atoms with van der Waals surface area (Å²) in [6, 6.07) is 8.59. The molecule has 0 atom stereocenters. The van der Waals surface area contributed by atoms with E-state index in [0.717, 1.165) is 31.7 Å². The molecule has 0 radical (unpaired) electrons. The van der Waals surface area contributed by atoms with E-state index >= 15 is 0 Å². The van der Waals surface area contributed by atoms with Crippen molar-refractivity contribution in [2.45, 2.75) is 44.6 Å². The SMILES string of the molecule is O=C(CCC(=O)N1CCN(c2nsc3ccccc23)CC1)NC1CCCC1. The largest absolute Gasteiger partial charge is 0.353 e. The van der Waals surface area contributed by atoms with Crippen LogP contribution in [0.15, 0.2) is 24.3 Å². The molecule has 1 aliphatic heterocycles. The summed E-state index contributed by atoms with van der Waals surface area (Å²) in [5, 5.41) is 4.24. The smallest absolute Gasteiger partial charge is 0.223 e. The van der Waals surface area contributed by atoms with Crippen LogP contribution in [0.5, 0.6) is 0 Å². The minimum atomic E-state index is 0.0165. The maximum absolute atomic E-state index is 12.5. The van der Waals surface area contributed by atoms with E-state index in [9.17, 15) is 9.59 Å². The maximum Gasteiger partial charge on any atom is 0.223 e. The summed E-state index contributed by atoms with van der Waals surface area (Å²) >= 11 is 1.52. The molecule has 0 unspecified atom stereocenters. The van der Waals surface area contributed by atoms with Gasteiger partial charge in [0, 0.05) is 50.4 Å². The molecule has 1 saturated carbocycles. The van der Waals surface area contributed by atoms with E-state index in [0.29, 0.717) is 32.0 Å². The van der Waals surface area contributed by atoms with Crippen LogP contribution in [0.4, 0.5) is 5.82 Å². The topological polar surface area (TPSA) is 65.5 Å². The van der Waals surface area contributed by atoms with Crippen molar-refractivity contribution in [1.29, 1.82) is 0 Å². The van der Waals surface area contributed by atoms with Gasteiger partial charge in [-0.05, 0) is 36.5 Å². The van der Waals surface area contributed by atoms with Crippen LogP contribution in [0.25, 0.3) is 10.1 Å². The van der Waals surface area contributed by atoms with Gasteiger partial charge in [-0.2, -0.15) is 4.37 Å². The Balaban J connectivity index is 1.25. The van der Waals surface area contributed by atoms with Crippen molar-refractivity contribution in [2.24, 2.45) is 0 Å². The molecular weight excluding hydrogens is 360 g/mol. The average Bonchev–Trinajstić information content (AvgIpc) is 3.36. The molecule has 1 saturated heterocycles. The molecule has 6 nitrogen and oxygen atoms in total. The zero-order valence-corrected chi connectivity index (χ0v) is 16.3. The molecule has 0 spiro atoms. The number of benzene rings is 1. The second-order valence-electron chi connectivity index (χ2n) is 7.42. The first-order valence-corrected chi connectivity index (χ1v) is 10.6. The fourth-order valence-corrected chi connectivity index (χ4v) is 4.81. The highest BCUT2D eigenvalue weighted by Gasteiger charge is 2.24. The van der Waals surface area contributed by atoms with Crippen molar-refractivity contribution >= 4 is 39.3 Å². The van der Waals surface area contributed by atoms with Crippen LogP contribution in [-0.4, -0.2) is 53.3 Å². The van der Waals surface area contributed by atoms with Crippen LogP contribution in [0.1, 0.15) is 38.5 Å². The lowest BCUT2D eigenvalue weighted by Crippen LogP contribution is -2.49. The average molecular weight is 387 g/mol. The lowest BCUT2D eigenvalue weighted by Gasteiger charge is -2.35. The van der Waals surface area contributed by atoms with Gasteiger partial charge < -0.3 is 15.1 Å². The monoisotopic (exact) mass is 386 g/mol. The fourth-order valence-electron chi connectivity index (χ4n) is 4.02. The van der Waals surface area contributed by atoms with E-state index in [1.807, 2.05) is 17.0 Å². The number of amides is 2. The molecule has 2 fully saturated rings. The maximum atomic E-state index is 12.5. The van der Waals surface area contributed by atoms with Crippen LogP contribution >= 0.6 is 11.5 Å². The van der Waals surface area contributed by atoms with Gasteiger partial charge in [0.15, 0.2) is 0 Å². The first-order valence-electron chi connectivity index (χ1n) is 9.87. The molecule has 4 rings (SSSR count). The molecule has 0 bridgehead atoms. The molecule has 1 aliphatic carbocycles. The third-order valence-corrected chi connectivity index (χ3v) is 6.39. The Hall–Kier alpha value is -2.15. The molecule has 2 heterocycles. The molecule has 2 aliphatic rings. The minimum Gasteiger partial charge on any atom is -0.353 e. The third-order valence-electron chi connectivity index (χ3n) is 5.58. The minimum absolute atomic E-state index is 0.0165. The summed E-state index contributed by atoms with van der Waals surface area (Å²) in [4.78, 5) is 28.6. The summed E-state index contributed by atoms with van der Waals surface area (Å²) in [5.41, 5.74) is 0. The van der Waals surface area contributed by atoms with Crippen molar-refractivity contribution in [2.75, 3.05) is 31.1 Å². The van der Waals surface area contributed by atoms with Crippen LogP contribution in [-0.2, 0) is 9.59 Å². The summed E-state index contributed by atoms with van der Waals surface area (Å²) in [5.74, 6) is 1.13. The zero-order valence-electron chi connectivity index (χ0n) is 15.5. The molecule has 1 aromatic heterocycles. The van der Waals surface area contributed by atoms with E-state index < -0.39 is 0 Å². The number of carbonyl (C=O) groups excluding carboxylic acids is 2. The molecular formula is C20H26N4O2S. The quantitative estimate of drug-likeness (QED) is 0.858. The Labute approximate surface area is 163 Å². The summed E-state index contributed by atoms with van der Waals surface area (Å²) in [7, 11) is 0. The van der Waals surface area contributed by atoms with E-state index in [2.05, 4.69) is 26.7 Å². The van der Waals surface area contributed by atoms with Crippen molar-refractivity contribution in [3.8, 4) is 0 Å². The van der Waals surface area contributed by atoms with Gasteiger partial charge in [0.05, 0.1) is 4.70 Å². The Morgan fingerprint density at radius 2 is 1.81 bits per heavy atom. The molecule has 144 valence electrons. The summed E-state index contributed by atoms with van der Waals surface area (Å²) < 4.78 is 5.80. The zero-order chi connectivity index (χ0) is 18.6. The highest BCUT2D eigenvalue weighted by Crippen LogP contribution is 2.29. The van der Waals surface area contributed by atoms with E-state index in [1.54, 1.807) is 0 Å². The highest BCUT2D eigenvalue weighted by molar-refractivity contribution is 7.13. The standard InChI is InChI=1S/C20H26N4O2S/c25-18(21-15-5-1-2-6-15)9-10-19(26)23-11-13-24(14-12-23)20-16-7-3-4-8-17(16)27-22-20/h3-4,7-8,15H,1-2,5-6,9-14H2,(H,21,25). The van der Waals surface area contributed by atoms with Crippen molar-refractivity contribution in [3.63, 3.8) is 0 Å². The van der Waals surface area contributed by atoms with Gasteiger partial charge in [0.2, 0.25) is 11.8 Å². The number of aromatic nitrogens is 1. The van der Waals surface area contributed by atoms with Crippen LogP contribution < -0.4 is 10.2 Å². The van der Waals surface area contributed by atoms with Gasteiger partial charge in [0.1, 0.15) is 5.82 Å². The van der Waals surface area contributed by atoms with Gasteiger partial charge >= 0.3 is 0 Å². The Morgan fingerprint density at radius 1 is 1.07 bits per heavy atom. The first-order chi connectivity index (χ1) is 13.2. The number of carbonyl (C=O) groups is 2. The predicted molar refractivity (Wildman–Crippen MR) is 108 cm³/mol. The van der Waals surface area contributed by atoms with Crippen molar-refractivity contribution in [1.82, 2.24) is 14.6 Å². The molecule has 1 aromatic carbocycles. The second-order valence-corrected chi connectivity index (χ2v) is 8.22. The number of anilines is 1. The number of rotatable bonds is 5. The van der Waals surface area contributed by atoms with E-state index in [-0.39, 0.29) is 11.8 Å². The van der Waals surface area contributed by atoms with Crippen molar-refractivity contribution in [3.05, 3.63) is 24.3 Å². The van der Waals surface area contributed by atoms with Crippen LogP contribution in [0.3, 0.4) is 0 Å². The molecule has 1 N–H and O–H groups in total. The number of hydrogen-bond acceptors (Lipinski definition) is 5. The number of nitrogens with zero attached hydrogens (tertiary/aromatic N) is 3. The molecule has 27 heavy (non-hydrogen) atoms. The number of hydrogen-bond donors (Lipinski definition) is 1. The van der Waals surface area contributed by atoms with Gasteiger partial charge in [-0.1, -0.05) is 25.0 Å². The first kappa shape index (κ1) is 18.2. The predicted octanol–water partition coefficient (Wildman–Crippen LogP) is 2.78. The molecule has 2 aromatic rings. The summed E-state index contributed by atoms with van der Waals surface area (Å²) in [6.45, 7) is 2.95. The van der Waals surface area contributed by atoms with Crippen molar-refractivity contribution < 1.29 is 9.59 Å². The number of fused-ring (bicyclic) bond motifs is 1. The Kier molecular flexibility index (Phi) is 5.57. The second kappa shape index (κ2) is 8.25.